The Kier molecular flexibility index (Phi) is 1.43. The van der Waals surface area contributed by atoms with Crippen LogP contribution >= 0.6 is 0 Å². The maximum absolute atomic E-state index is 5.65. The molecule has 0 aliphatic rings. The van der Waals surface area contributed by atoms with Gasteiger partial charge in [0.1, 0.15) is 12.4 Å². The Morgan fingerprint density at radius 3 is 3.25 bits per heavy atom. The van der Waals surface area contributed by atoms with E-state index in [4.69, 9.17) is 10.6 Å². The van der Waals surface area contributed by atoms with E-state index in [1.54, 1.807) is 21.8 Å². The molecule has 5 heteroatoms. The van der Waals surface area contributed by atoms with Crippen LogP contribution in [0.1, 0.15) is 6.92 Å². The molecule has 2 aromatic rings. The van der Waals surface area contributed by atoms with Crippen LogP contribution in [0.5, 0.6) is 0 Å². The van der Waals surface area contributed by atoms with Crippen molar-refractivity contribution in [3.05, 3.63) is 18.5 Å². The Morgan fingerprint density at radius 1 is 1.67 bits per heavy atom. The lowest BCUT2D eigenvalue weighted by Crippen LogP contribution is -2.15. The first-order valence-corrected chi connectivity index (χ1v) is 3.76. The van der Waals surface area contributed by atoms with Gasteiger partial charge in [-0.15, -0.1) is 4.85 Å². The summed E-state index contributed by atoms with van der Waals surface area (Å²) in [7, 11) is 0. The second-order valence-electron chi connectivity index (χ2n) is 2.39. The third-order valence-electron chi connectivity index (χ3n) is 1.60. The molecule has 2 heterocycles. The molecular weight excluding hydrogens is 156 g/mol. The number of nitrogens with zero attached hydrogens (tertiary/aromatic N) is 3. The van der Waals surface area contributed by atoms with Crippen LogP contribution < -0.4 is 10.6 Å². The third kappa shape index (κ3) is 0.827. The molecule has 0 aromatic carbocycles. The molecule has 0 saturated heterocycles. The van der Waals surface area contributed by atoms with Crippen LogP contribution in [-0.4, -0.2) is 21.0 Å². The van der Waals surface area contributed by atoms with E-state index in [1.807, 2.05) is 13.0 Å². The van der Waals surface area contributed by atoms with Gasteiger partial charge in [0.2, 0.25) is 0 Å². The summed E-state index contributed by atoms with van der Waals surface area (Å²) >= 11 is 0. The molecule has 0 spiro atoms. The van der Waals surface area contributed by atoms with Gasteiger partial charge in [0.15, 0.2) is 5.65 Å². The Hall–Kier alpha value is -1.65. The highest BCUT2D eigenvalue weighted by Gasteiger charge is 2.03. The van der Waals surface area contributed by atoms with Crippen molar-refractivity contribution in [2.24, 2.45) is 0 Å². The summed E-state index contributed by atoms with van der Waals surface area (Å²) in [5.41, 5.74) is 6.44. The first kappa shape index (κ1) is 7.02. The molecule has 0 fully saturated rings. The number of fused-ring (bicyclic) bond motifs is 1. The number of aromatic nitrogens is 3. The van der Waals surface area contributed by atoms with Gasteiger partial charge in [-0.05, 0) is 6.92 Å². The average Bonchev–Trinajstić information content (AvgIpc) is 2.58. The highest BCUT2D eigenvalue weighted by molar-refractivity contribution is 5.45. The topological polar surface area (TPSA) is 57.5 Å². The summed E-state index contributed by atoms with van der Waals surface area (Å²) in [6.45, 7) is 2.51. The molecule has 2 rings (SSSR count). The molecule has 0 aliphatic heterocycles. The number of nitrogen functional groups attached to an aromatic ring is 1. The van der Waals surface area contributed by atoms with Crippen molar-refractivity contribution < 1.29 is 4.84 Å². The Balaban J connectivity index is 2.59. The van der Waals surface area contributed by atoms with E-state index in [0.29, 0.717) is 12.4 Å². The molecule has 5 nitrogen and oxygen atoms in total. The standard InChI is InChI=1S/C7H10N4O/c1-2-12-10-4-3-7-9-5-6(8)11(7)10/h3-5H,2,8H2,1H3. The lowest BCUT2D eigenvalue weighted by atomic mass is 10.7. The van der Waals surface area contributed by atoms with Crippen molar-refractivity contribution >= 4 is 11.5 Å². The Bertz CT molecular complexity index is 389. The molecule has 0 unspecified atom stereocenters. The van der Waals surface area contributed by atoms with E-state index in [2.05, 4.69) is 4.98 Å². The van der Waals surface area contributed by atoms with Crippen LogP contribution in [-0.2, 0) is 0 Å². The molecule has 0 amide bonds. The van der Waals surface area contributed by atoms with Gasteiger partial charge in [-0.2, -0.15) is 4.52 Å². The predicted molar refractivity (Wildman–Crippen MR) is 44.7 cm³/mol. The summed E-state index contributed by atoms with van der Waals surface area (Å²) in [5, 5.41) is 0. The second kappa shape index (κ2) is 2.44. The Morgan fingerprint density at radius 2 is 2.50 bits per heavy atom. The van der Waals surface area contributed by atoms with Gasteiger partial charge in [-0.1, -0.05) is 0 Å². The van der Waals surface area contributed by atoms with Crippen molar-refractivity contribution in [3.8, 4) is 0 Å². The fraction of sp³-hybridized carbons (Fsp3) is 0.286. The van der Waals surface area contributed by atoms with Crippen LogP contribution in [0.15, 0.2) is 18.5 Å². The average molecular weight is 166 g/mol. The highest BCUT2D eigenvalue weighted by Crippen LogP contribution is 2.07. The minimum atomic E-state index is 0.573. The fourth-order valence-corrected chi connectivity index (χ4v) is 1.13. The van der Waals surface area contributed by atoms with Crippen molar-refractivity contribution in [1.82, 2.24) is 14.3 Å². The molecule has 0 atom stereocenters. The number of imidazole rings is 1. The summed E-state index contributed by atoms with van der Waals surface area (Å²) in [5.74, 6) is 0.573. The van der Waals surface area contributed by atoms with Crippen LogP contribution in [0, 0.1) is 0 Å². The predicted octanol–water partition coefficient (Wildman–Crippen LogP) is 0.167. The van der Waals surface area contributed by atoms with Crippen molar-refractivity contribution in [1.29, 1.82) is 0 Å². The monoisotopic (exact) mass is 166 g/mol. The largest absolute Gasteiger partial charge is 0.398 e. The zero-order valence-corrected chi connectivity index (χ0v) is 6.77. The number of hydrogen-bond acceptors (Lipinski definition) is 3. The normalized spacial score (nSPS) is 10.8. The van der Waals surface area contributed by atoms with Gasteiger partial charge in [0.05, 0.1) is 12.4 Å². The maximum atomic E-state index is 5.65. The summed E-state index contributed by atoms with van der Waals surface area (Å²) in [6, 6.07) is 1.84. The van der Waals surface area contributed by atoms with E-state index in [1.165, 1.54) is 0 Å². The van der Waals surface area contributed by atoms with Crippen molar-refractivity contribution in [2.45, 2.75) is 6.92 Å². The molecule has 0 saturated carbocycles. The van der Waals surface area contributed by atoms with Crippen molar-refractivity contribution in [3.63, 3.8) is 0 Å². The van der Waals surface area contributed by atoms with E-state index >= 15 is 0 Å². The van der Waals surface area contributed by atoms with E-state index < -0.39 is 0 Å². The zero-order valence-electron chi connectivity index (χ0n) is 6.77. The summed E-state index contributed by atoms with van der Waals surface area (Å²) < 4.78 is 1.70. The molecule has 0 radical (unpaired) electrons. The lowest BCUT2D eigenvalue weighted by Gasteiger charge is -2.04. The van der Waals surface area contributed by atoms with Crippen LogP contribution in [0.25, 0.3) is 5.65 Å². The zero-order chi connectivity index (χ0) is 8.55. The molecule has 12 heavy (non-hydrogen) atoms. The van der Waals surface area contributed by atoms with Gasteiger partial charge >= 0.3 is 0 Å². The SMILES string of the molecule is CCOn1ccc2ncc(N)n21. The minimum absolute atomic E-state index is 0.573. The van der Waals surface area contributed by atoms with Crippen molar-refractivity contribution in [2.75, 3.05) is 12.3 Å². The Labute approximate surface area is 69.3 Å². The highest BCUT2D eigenvalue weighted by atomic mass is 16.7. The molecule has 2 N–H and O–H groups in total. The maximum Gasteiger partial charge on any atom is 0.158 e. The lowest BCUT2D eigenvalue weighted by molar-refractivity contribution is 0.0853. The van der Waals surface area contributed by atoms with E-state index in [0.717, 1.165) is 5.65 Å². The van der Waals surface area contributed by atoms with E-state index in [9.17, 15) is 0 Å². The quantitative estimate of drug-likeness (QED) is 0.691. The third-order valence-corrected chi connectivity index (χ3v) is 1.60. The first-order chi connectivity index (χ1) is 5.83. The van der Waals surface area contributed by atoms with Gasteiger partial charge in [-0.3, -0.25) is 0 Å². The van der Waals surface area contributed by atoms with Gasteiger partial charge < -0.3 is 10.6 Å². The number of nitrogens with two attached hydrogens (primary N) is 1. The van der Waals surface area contributed by atoms with Gasteiger partial charge in [0, 0.05) is 6.07 Å². The van der Waals surface area contributed by atoms with Crippen LogP contribution in [0.3, 0.4) is 0 Å². The minimum Gasteiger partial charge on any atom is -0.398 e. The number of anilines is 1. The molecule has 0 bridgehead atoms. The summed E-state index contributed by atoms with van der Waals surface area (Å²) in [6.07, 6.45) is 3.38. The fourth-order valence-electron chi connectivity index (χ4n) is 1.13. The van der Waals surface area contributed by atoms with Crippen LogP contribution in [0.2, 0.25) is 0 Å². The van der Waals surface area contributed by atoms with Crippen LogP contribution in [0.4, 0.5) is 5.82 Å². The smallest absolute Gasteiger partial charge is 0.158 e. The molecule has 2 aromatic heterocycles. The van der Waals surface area contributed by atoms with E-state index in [-0.39, 0.29) is 0 Å². The van der Waals surface area contributed by atoms with Gasteiger partial charge in [-0.25, -0.2) is 4.98 Å². The first-order valence-electron chi connectivity index (χ1n) is 3.76. The summed E-state index contributed by atoms with van der Waals surface area (Å²) in [4.78, 5) is 10.9. The number of hydrogen-bond donors (Lipinski definition) is 1. The number of rotatable bonds is 2. The molecule has 0 aliphatic carbocycles. The molecule has 64 valence electrons. The second-order valence-corrected chi connectivity index (χ2v) is 2.39. The van der Waals surface area contributed by atoms with Gasteiger partial charge in [0.25, 0.3) is 0 Å². The molecular formula is C7H10N4O.